The zero-order valence-corrected chi connectivity index (χ0v) is 12.4. The number of hydrogen-bond donors (Lipinski definition) is 1. The highest BCUT2D eigenvalue weighted by molar-refractivity contribution is 5.89. The summed E-state index contributed by atoms with van der Waals surface area (Å²) in [7, 11) is 0. The monoisotopic (exact) mass is 285 g/mol. The van der Waals surface area contributed by atoms with E-state index in [1.165, 1.54) is 5.56 Å². The molecule has 1 N–H and O–H groups in total. The third kappa shape index (κ3) is 1.94. The Bertz CT molecular complexity index is 537. The van der Waals surface area contributed by atoms with E-state index >= 15 is 0 Å². The number of fused-ring (bicyclic) bond motifs is 1. The Labute approximate surface area is 126 Å². The summed E-state index contributed by atoms with van der Waals surface area (Å²) < 4.78 is 0. The van der Waals surface area contributed by atoms with Crippen LogP contribution in [0.1, 0.15) is 37.7 Å². The van der Waals surface area contributed by atoms with Crippen molar-refractivity contribution in [3.8, 4) is 0 Å². The fraction of sp³-hybridized carbons (Fsp3) is 0.611. The molecular weight excluding hydrogens is 262 g/mol. The molecule has 1 amide bonds. The lowest BCUT2D eigenvalue weighted by atomic mass is 9.63. The zero-order valence-electron chi connectivity index (χ0n) is 12.4. The molecule has 4 rings (SSSR count). The van der Waals surface area contributed by atoms with Crippen LogP contribution < -0.4 is 0 Å². The number of aliphatic hydroxyl groups excluding tert-OH is 1. The van der Waals surface area contributed by atoms with Crippen molar-refractivity contribution in [3.63, 3.8) is 0 Å². The molecule has 3 unspecified atom stereocenters. The molecule has 2 saturated carbocycles. The Kier molecular flexibility index (Phi) is 3.07. The molecule has 21 heavy (non-hydrogen) atoms. The van der Waals surface area contributed by atoms with Crippen LogP contribution in [0.25, 0.3) is 0 Å². The van der Waals surface area contributed by atoms with Crippen molar-refractivity contribution in [2.75, 3.05) is 13.1 Å². The molecule has 1 heterocycles. The highest BCUT2D eigenvalue weighted by atomic mass is 16.3. The minimum absolute atomic E-state index is 0.193. The van der Waals surface area contributed by atoms with Gasteiger partial charge in [-0.15, -0.1) is 0 Å². The van der Waals surface area contributed by atoms with Crippen molar-refractivity contribution in [2.45, 2.75) is 43.6 Å². The Morgan fingerprint density at radius 1 is 1.14 bits per heavy atom. The van der Waals surface area contributed by atoms with Gasteiger partial charge >= 0.3 is 0 Å². The first-order valence-electron chi connectivity index (χ1n) is 8.24. The number of carbonyl (C=O) groups is 1. The Hall–Kier alpha value is -1.35. The van der Waals surface area contributed by atoms with Crippen molar-refractivity contribution in [1.29, 1.82) is 0 Å². The van der Waals surface area contributed by atoms with E-state index in [-0.39, 0.29) is 11.5 Å². The van der Waals surface area contributed by atoms with Gasteiger partial charge in [-0.25, -0.2) is 0 Å². The van der Waals surface area contributed by atoms with E-state index in [0.717, 1.165) is 45.2 Å². The average Bonchev–Trinajstić information content (AvgIpc) is 3.01. The molecule has 3 fully saturated rings. The van der Waals surface area contributed by atoms with Crippen LogP contribution >= 0.6 is 0 Å². The molecule has 0 spiro atoms. The second kappa shape index (κ2) is 4.84. The molecule has 0 radical (unpaired) electrons. The standard InChI is InChI=1S/C18H23NO2/c20-16-8-7-13-11-19(12-15(13)16)17(21)18(9-4-10-18)14-5-2-1-3-6-14/h1-3,5-6,13,15-16,20H,4,7-12H2. The van der Waals surface area contributed by atoms with Gasteiger partial charge in [0.2, 0.25) is 5.91 Å². The van der Waals surface area contributed by atoms with Gasteiger partial charge in [0.1, 0.15) is 0 Å². The summed E-state index contributed by atoms with van der Waals surface area (Å²) in [4.78, 5) is 15.2. The molecule has 0 aromatic heterocycles. The fourth-order valence-electron chi connectivity index (χ4n) is 4.62. The van der Waals surface area contributed by atoms with E-state index < -0.39 is 0 Å². The maximum atomic E-state index is 13.1. The van der Waals surface area contributed by atoms with E-state index in [9.17, 15) is 9.90 Å². The van der Waals surface area contributed by atoms with Crippen molar-refractivity contribution < 1.29 is 9.90 Å². The predicted molar refractivity (Wildman–Crippen MR) is 80.8 cm³/mol. The minimum Gasteiger partial charge on any atom is -0.393 e. The number of nitrogens with zero attached hydrogens (tertiary/aromatic N) is 1. The minimum atomic E-state index is -0.273. The van der Waals surface area contributed by atoms with Gasteiger partial charge in [0.05, 0.1) is 11.5 Å². The first-order chi connectivity index (χ1) is 10.2. The quantitative estimate of drug-likeness (QED) is 0.906. The molecule has 3 heteroatoms. The highest BCUT2D eigenvalue weighted by Gasteiger charge is 2.51. The van der Waals surface area contributed by atoms with Gasteiger partial charge in [0, 0.05) is 19.0 Å². The van der Waals surface area contributed by atoms with E-state index in [0.29, 0.717) is 17.7 Å². The van der Waals surface area contributed by atoms with Gasteiger partial charge < -0.3 is 10.0 Å². The maximum absolute atomic E-state index is 13.1. The summed E-state index contributed by atoms with van der Waals surface area (Å²) >= 11 is 0. The number of likely N-dealkylation sites (tertiary alicyclic amines) is 1. The van der Waals surface area contributed by atoms with E-state index in [1.807, 2.05) is 23.1 Å². The number of aliphatic hydroxyl groups is 1. The summed E-state index contributed by atoms with van der Waals surface area (Å²) in [5, 5.41) is 10.1. The second-order valence-electron chi connectivity index (χ2n) is 7.08. The van der Waals surface area contributed by atoms with Gasteiger partial charge in [-0.1, -0.05) is 36.8 Å². The smallest absolute Gasteiger partial charge is 0.233 e. The van der Waals surface area contributed by atoms with Crippen LogP contribution in [0.4, 0.5) is 0 Å². The van der Waals surface area contributed by atoms with Gasteiger partial charge in [-0.3, -0.25) is 4.79 Å². The lowest BCUT2D eigenvalue weighted by Gasteiger charge is -2.43. The number of rotatable bonds is 2. The summed E-state index contributed by atoms with van der Waals surface area (Å²) in [6.07, 6.45) is 4.90. The lowest BCUT2D eigenvalue weighted by molar-refractivity contribution is -0.140. The number of hydrogen-bond acceptors (Lipinski definition) is 2. The number of benzene rings is 1. The Balaban J connectivity index is 1.57. The third-order valence-corrected chi connectivity index (χ3v) is 6.05. The van der Waals surface area contributed by atoms with Crippen LogP contribution in [-0.4, -0.2) is 35.1 Å². The molecule has 3 atom stereocenters. The van der Waals surface area contributed by atoms with E-state index in [2.05, 4.69) is 12.1 Å². The molecule has 1 aromatic rings. The van der Waals surface area contributed by atoms with Gasteiger partial charge in [-0.2, -0.15) is 0 Å². The number of carbonyl (C=O) groups excluding carboxylic acids is 1. The zero-order chi connectivity index (χ0) is 14.4. The molecule has 0 bridgehead atoms. The normalized spacial score (nSPS) is 33.6. The summed E-state index contributed by atoms with van der Waals surface area (Å²) in [6.45, 7) is 1.62. The summed E-state index contributed by atoms with van der Waals surface area (Å²) in [5.74, 6) is 1.15. The van der Waals surface area contributed by atoms with Crippen LogP contribution in [0.3, 0.4) is 0 Å². The highest BCUT2D eigenvalue weighted by Crippen LogP contribution is 2.47. The molecular formula is C18H23NO2. The molecule has 3 aliphatic rings. The van der Waals surface area contributed by atoms with Gasteiger partial charge in [0.25, 0.3) is 0 Å². The van der Waals surface area contributed by atoms with E-state index in [1.54, 1.807) is 0 Å². The summed E-state index contributed by atoms with van der Waals surface area (Å²) in [5.41, 5.74) is 0.907. The molecule has 112 valence electrons. The maximum Gasteiger partial charge on any atom is 0.233 e. The van der Waals surface area contributed by atoms with Crippen LogP contribution in [-0.2, 0) is 10.2 Å². The SMILES string of the molecule is O=C(N1CC2CCC(O)C2C1)C1(c2ccccc2)CCC1. The van der Waals surface area contributed by atoms with Crippen LogP contribution in [0.5, 0.6) is 0 Å². The molecule has 1 saturated heterocycles. The average molecular weight is 285 g/mol. The Morgan fingerprint density at radius 3 is 2.52 bits per heavy atom. The summed E-state index contributed by atoms with van der Waals surface area (Å²) in [6, 6.07) is 10.3. The van der Waals surface area contributed by atoms with Crippen LogP contribution in [0.15, 0.2) is 30.3 Å². The third-order valence-electron chi connectivity index (χ3n) is 6.05. The van der Waals surface area contributed by atoms with Crippen LogP contribution in [0, 0.1) is 11.8 Å². The first kappa shape index (κ1) is 13.3. The van der Waals surface area contributed by atoms with Crippen molar-refractivity contribution >= 4 is 5.91 Å². The van der Waals surface area contributed by atoms with Gasteiger partial charge in [-0.05, 0) is 37.2 Å². The Morgan fingerprint density at radius 2 is 1.90 bits per heavy atom. The predicted octanol–water partition coefficient (Wildman–Crippen LogP) is 2.34. The fourth-order valence-corrected chi connectivity index (χ4v) is 4.62. The second-order valence-corrected chi connectivity index (χ2v) is 7.08. The first-order valence-corrected chi connectivity index (χ1v) is 8.24. The molecule has 1 aromatic carbocycles. The van der Waals surface area contributed by atoms with Gasteiger partial charge in [0.15, 0.2) is 0 Å². The van der Waals surface area contributed by atoms with E-state index in [4.69, 9.17) is 0 Å². The largest absolute Gasteiger partial charge is 0.393 e. The lowest BCUT2D eigenvalue weighted by Crippen LogP contribution is -2.50. The molecule has 3 nitrogen and oxygen atoms in total. The molecule has 2 aliphatic carbocycles. The van der Waals surface area contributed by atoms with Crippen LogP contribution in [0.2, 0.25) is 0 Å². The topological polar surface area (TPSA) is 40.5 Å². The number of amides is 1. The van der Waals surface area contributed by atoms with Crippen molar-refractivity contribution in [1.82, 2.24) is 4.90 Å². The van der Waals surface area contributed by atoms with Crippen molar-refractivity contribution in [2.24, 2.45) is 11.8 Å². The van der Waals surface area contributed by atoms with Crippen molar-refractivity contribution in [3.05, 3.63) is 35.9 Å². The molecule has 1 aliphatic heterocycles.